The lowest BCUT2D eigenvalue weighted by Crippen LogP contribution is -2.47. The molecule has 4 rings (SSSR count). The number of carbonyl (C=O) groups excluding carboxylic acids is 1. The van der Waals surface area contributed by atoms with Crippen LogP contribution in [0.3, 0.4) is 0 Å². The highest BCUT2D eigenvalue weighted by atomic mass is 32.1. The Kier molecular flexibility index (Phi) is 4.31. The van der Waals surface area contributed by atoms with Crippen LogP contribution >= 0.6 is 11.3 Å². The summed E-state index contributed by atoms with van der Waals surface area (Å²) in [7, 11) is 0. The highest BCUT2D eigenvalue weighted by Gasteiger charge is 2.18. The van der Waals surface area contributed by atoms with Crippen molar-refractivity contribution in [3.63, 3.8) is 0 Å². The van der Waals surface area contributed by atoms with Crippen LogP contribution < -0.4 is 16.3 Å². The molecule has 1 aromatic carbocycles. The van der Waals surface area contributed by atoms with Crippen LogP contribution in [-0.4, -0.2) is 41.9 Å². The summed E-state index contributed by atoms with van der Waals surface area (Å²) in [6.45, 7) is 6.68. The predicted octanol–water partition coefficient (Wildman–Crippen LogP) is 0.661. The minimum Gasteiger partial charge on any atom is -0.398 e. The van der Waals surface area contributed by atoms with E-state index in [4.69, 9.17) is 10.7 Å². The minimum atomic E-state index is 0.168. The van der Waals surface area contributed by atoms with E-state index < -0.39 is 0 Å². The van der Waals surface area contributed by atoms with Gasteiger partial charge in [-0.2, -0.15) is 0 Å². The lowest BCUT2D eigenvalue weighted by molar-refractivity contribution is -0.130. The fourth-order valence-corrected chi connectivity index (χ4v) is 4.33. The van der Waals surface area contributed by atoms with Crippen molar-refractivity contribution in [3.05, 3.63) is 56.2 Å². The fraction of sp³-hybridized carbons (Fsp3) is 0.368. The Bertz CT molecular complexity index is 925. The van der Waals surface area contributed by atoms with Crippen LogP contribution in [0.15, 0.2) is 34.6 Å². The quantitative estimate of drug-likeness (QED) is 0.862. The largest absolute Gasteiger partial charge is 0.398 e. The number of amides is 1. The van der Waals surface area contributed by atoms with Crippen molar-refractivity contribution >= 4 is 22.9 Å². The van der Waals surface area contributed by atoms with Gasteiger partial charge in [0, 0.05) is 61.0 Å². The fourth-order valence-electron chi connectivity index (χ4n) is 3.52. The Morgan fingerprint density at radius 1 is 1.24 bits per heavy atom. The van der Waals surface area contributed by atoms with E-state index in [1.54, 1.807) is 18.3 Å². The van der Waals surface area contributed by atoms with E-state index in [1.165, 1.54) is 10.4 Å². The van der Waals surface area contributed by atoms with Gasteiger partial charge in [0.2, 0.25) is 5.91 Å². The number of rotatable bonds is 2. The van der Waals surface area contributed by atoms with Crippen LogP contribution in [-0.2, 0) is 17.9 Å². The Labute approximate surface area is 151 Å². The zero-order valence-corrected chi connectivity index (χ0v) is 15.2. The van der Waals surface area contributed by atoms with E-state index in [9.17, 15) is 4.79 Å². The molecule has 2 aromatic rings. The van der Waals surface area contributed by atoms with E-state index in [1.807, 2.05) is 4.90 Å². The number of hydrogen-bond donors (Lipinski definition) is 1. The molecule has 0 saturated carbocycles. The summed E-state index contributed by atoms with van der Waals surface area (Å²) in [6, 6.07) is 8.50. The Morgan fingerprint density at radius 3 is 2.80 bits per heavy atom. The Balaban J connectivity index is 1.56. The molecule has 0 aliphatic carbocycles. The summed E-state index contributed by atoms with van der Waals surface area (Å²) in [5.41, 5.74) is 9.60. The van der Waals surface area contributed by atoms with Gasteiger partial charge in [0.15, 0.2) is 0 Å². The van der Waals surface area contributed by atoms with Gasteiger partial charge in [0.1, 0.15) is 0 Å². The predicted molar refractivity (Wildman–Crippen MR) is 99.5 cm³/mol. The molecule has 2 aliphatic rings. The number of nitrogens with zero attached hydrogens (tertiary/aromatic N) is 3. The summed E-state index contributed by atoms with van der Waals surface area (Å²) >= 11 is 1.71. The lowest BCUT2D eigenvalue weighted by Gasteiger charge is -2.34. The number of hydrogen-bond acceptors (Lipinski definition) is 5. The third kappa shape index (κ3) is 3.19. The Hall–Kier alpha value is -2.18. The third-order valence-corrected chi connectivity index (χ3v) is 5.91. The van der Waals surface area contributed by atoms with Crippen molar-refractivity contribution < 1.29 is 4.79 Å². The standard InChI is InChI=1S/C19H22N4OS/c1-13(24)23-7-5-22(6-8-23)12-14-2-3-15-17(10-14)21-11-18-16(19(15)20)4-9-25-18/h2-4,9-10H,5-8,11-12,20H2,1H3. The first-order valence-corrected chi connectivity index (χ1v) is 9.47. The van der Waals surface area contributed by atoms with Crippen LogP contribution in [0.1, 0.15) is 22.9 Å². The second kappa shape index (κ2) is 6.61. The monoisotopic (exact) mass is 354 g/mol. The first kappa shape index (κ1) is 16.3. The van der Waals surface area contributed by atoms with Gasteiger partial charge in [-0.1, -0.05) is 12.1 Å². The number of piperazine rings is 1. The molecule has 1 saturated heterocycles. The molecule has 0 atom stereocenters. The van der Waals surface area contributed by atoms with Crippen LogP contribution in [0.4, 0.5) is 0 Å². The average Bonchev–Trinajstić information content (AvgIpc) is 3.04. The summed E-state index contributed by atoms with van der Waals surface area (Å²) < 4.78 is 0. The first-order valence-electron chi connectivity index (χ1n) is 8.59. The van der Waals surface area contributed by atoms with Gasteiger partial charge in [-0.25, -0.2) is 0 Å². The third-order valence-electron chi connectivity index (χ3n) is 5.00. The molecule has 0 bridgehead atoms. The number of thiophene rings is 1. The molecule has 0 spiro atoms. The molecule has 3 heterocycles. The number of benzene rings is 1. The maximum Gasteiger partial charge on any atom is 0.219 e. The topological polar surface area (TPSA) is 61.9 Å². The molecule has 1 fully saturated rings. The molecule has 2 N–H and O–H groups in total. The SMILES string of the molecule is CC(=O)N1CCN(Cc2ccc3c(c2)=NCc2sccc2C=3N)CC1. The molecule has 25 heavy (non-hydrogen) atoms. The summed E-state index contributed by atoms with van der Waals surface area (Å²) in [5.74, 6) is 0.168. The molecule has 1 aromatic heterocycles. The van der Waals surface area contributed by atoms with Crippen LogP contribution in [0.25, 0.3) is 5.70 Å². The van der Waals surface area contributed by atoms with Crippen molar-refractivity contribution in [1.29, 1.82) is 0 Å². The van der Waals surface area contributed by atoms with E-state index in [0.717, 1.165) is 54.6 Å². The highest BCUT2D eigenvalue weighted by Crippen LogP contribution is 2.22. The normalized spacial score (nSPS) is 17.5. The second-order valence-corrected chi connectivity index (χ2v) is 7.62. The van der Waals surface area contributed by atoms with E-state index in [0.29, 0.717) is 6.54 Å². The van der Waals surface area contributed by atoms with Crippen LogP contribution in [0.5, 0.6) is 0 Å². The van der Waals surface area contributed by atoms with Crippen molar-refractivity contribution in [2.75, 3.05) is 26.2 Å². The molecular formula is C19H22N4OS. The highest BCUT2D eigenvalue weighted by molar-refractivity contribution is 7.10. The average molecular weight is 354 g/mol. The molecule has 2 aliphatic heterocycles. The smallest absolute Gasteiger partial charge is 0.219 e. The number of nitrogens with two attached hydrogens (primary N) is 1. The van der Waals surface area contributed by atoms with Gasteiger partial charge in [0.05, 0.1) is 11.9 Å². The molecule has 6 heteroatoms. The van der Waals surface area contributed by atoms with E-state index >= 15 is 0 Å². The first-order chi connectivity index (χ1) is 12.1. The van der Waals surface area contributed by atoms with Crippen molar-refractivity contribution in [1.82, 2.24) is 9.80 Å². The van der Waals surface area contributed by atoms with E-state index in [-0.39, 0.29) is 5.91 Å². The summed E-state index contributed by atoms with van der Waals surface area (Å²) in [6.07, 6.45) is 0. The van der Waals surface area contributed by atoms with Crippen molar-refractivity contribution in [3.8, 4) is 0 Å². The van der Waals surface area contributed by atoms with Gasteiger partial charge in [-0.3, -0.25) is 14.7 Å². The van der Waals surface area contributed by atoms with Gasteiger partial charge in [-0.05, 0) is 23.1 Å². The maximum atomic E-state index is 11.4. The molecule has 5 nitrogen and oxygen atoms in total. The van der Waals surface area contributed by atoms with Gasteiger partial charge < -0.3 is 10.6 Å². The van der Waals surface area contributed by atoms with Crippen molar-refractivity contribution in [2.24, 2.45) is 10.7 Å². The maximum absolute atomic E-state index is 11.4. The molecular weight excluding hydrogens is 332 g/mol. The minimum absolute atomic E-state index is 0.168. The zero-order valence-electron chi connectivity index (χ0n) is 14.4. The van der Waals surface area contributed by atoms with Crippen LogP contribution in [0.2, 0.25) is 0 Å². The van der Waals surface area contributed by atoms with Gasteiger partial charge >= 0.3 is 0 Å². The lowest BCUT2D eigenvalue weighted by atomic mass is 10.1. The zero-order chi connectivity index (χ0) is 17.4. The summed E-state index contributed by atoms with van der Waals surface area (Å²) in [4.78, 5) is 21.8. The van der Waals surface area contributed by atoms with Gasteiger partial charge in [-0.15, -0.1) is 11.3 Å². The molecule has 1 amide bonds. The molecule has 0 unspecified atom stereocenters. The van der Waals surface area contributed by atoms with E-state index in [2.05, 4.69) is 34.5 Å². The molecule has 130 valence electrons. The van der Waals surface area contributed by atoms with Gasteiger partial charge in [0.25, 0.3) is 0 Å². The van der Waals surface area contributed by atoms with Crippen molar-refractivity contribution in [2.45, 2.75) is 20.0 Å². The number of fused-ring (bicyclic) bond motifs is 2. The Morgan fingerprint density at radius 2 is 2.04 bits per heavy atom. The van der Waals surface area contributed by atoms with Crippen LogP contribution in [0, 0.1) is 0 Å². The number of carbonyl (C=O) groups is 1. The second-order valence-electron chi connectivity index (χ2n) is 6.62. The summed E-state index contributed by atoms with van der Waals surface area (Å²) in [5, 5.41) is 4.09. The molecule has 0 radical (unpaired) electrons.